The minimum atomic E-state index is -1.37. The molecule has 0 aromatic carbocycles. The van der Waals surface area contributed by atoms with E-state index >= 15 is 0 Å². The van der Waals surface area contributed by atoms with Gasteiger partial charge < -0.3 is 25.7 Å². The van der Waals surface area contributed by atoms with Crippen LogP contribution in [0.15, 0.2) is 0 Å². The largest absolute Gasteiger partial charge is 0.480 e. The number of carbonyl (C=O) groups excluding carboxylic acids is 2. The fraction of sp³-hybridized carbons (Fsp3) is 0.667. The number of hydrogen-bond acceptors (Lipinski definition) is 4. The maximum Gasteiger partial charge on any atom is 0.328 e. The average Bonchev–Trinajstić information content (AvgIpc) is 2.57. The zero-order chi connectivity index (χ0) is 13.0. The Kier molecular flexibility index (Phi) is 4.27. The number of carboxylic acid groups (broad SMARTS) is 1. The van der Waals surface area contributed by atoms with E-state index in [1.54, 1.807) is 7.05 Å². The molecule has 0 bridgehead atoms. The molecule has 1 aliphatic rings. The predicted octanol–water partition coefficient (Wildman–Crippen LogP) is -2.04. The van der Waals surface area contributed by atoms with Crippen molar-refractivity contribution >= 4 is 17.9 Å². The van der Waals surface area contributed by atoms with E-state index in [4.69, 9.17) is 10.2 Å². The van der Waals surface area contributed by atoms with Gasteiger partial charge in [0.05, 0.1) is 6.61 Å². The van der Waals surface area contributed by atoms with Gasteiger partial charge in [0.2, 0.25) is 5.91 Å². The van der Waals surface area contributed by atoms with Crippen molar-refractivity contribution < 1.29 is 24.6 Å². The Morgan fingerprint density at radius 3 is 2.65 bits per heavy atom. The fourth-order valence-electron chi connectivity index (χ4n) is 1.50. The van der Waals surface area contributed by atoms with Gasteiger partial charge in [-0.15, -0.1) is 0 Å². The van der Waals surface area contributed by atoms with E-state index in [-0.39, 0.29) is 5.91 Å². The van der Waals surface area contributed by atoms with Gasteiger partial charge in [0.15, 0.2) is 6.04 Å². The van der Waals surface area contributed by atoms with Crippen LogP contribution in [0.2, 0.25) is 0 Å². The lowest BCUT2D eigenvalue weighted by Crippen LogP contribution is -2.51. The molecule has 17 heavy (non-hydrogen) atoms. The summed E-state index contributed by atoms with van der Waals surface area (Å²) in [4.78, 5) is 34.8. The number of rotatable bonds is 4. The summed E-state index contributed by atoms with van der Waals surface area (Å²) in [5, 5.41) is 21.7. The van der Waals surface area contributed by atoms with Crippen molar-refractivity contribution in [3.8, 4) is 0 Å². The third kappa shape index (κ3) is 3.31. The van der Waals surface area contributed by atoms with Gasteiger partial charge in [-0.1, -0.05) is 0 Å². The number of carboxylic acids is 1. The summed E-state index contributed by atoms with van der Waals surface area (Å²) in [6.45, 7) is -0.159. The summed E-state index contributed by atoms with van der Waals surface area (Å²) in [5.41, 5.74) is 0. The molecular formula is C9H15N3O5. The number of aliphatic carboxylic acids is 1. The molecule has 1 fully saturated rings. The molecule has 1 heterocycles. The molecule has 0 spiro atoms. The second kappa shape index (κ2) is 5.48. The number of carbonyl (C=O) groups is 3. The first-order valence-corrected chi connectivity index (χ1v) is 5.11. The van der Waals surface area contributed by atoms with E-state index in [9.17, 15) is 14.4 Å². The van der Waals surface area contributed by atoms with Crippen molar-refractivity contribution in [2.24, 2.45) is 0 Å². The average molecular weight is 245 g/mol. The molecule has 1 aliphatic heterocycles. The molecular weight excluding hydrogens is 230 g/mol. The molecule has 2 atom stereocenters. The minimum Gasteiger partial charge on any atom is -0.480 e. The number of aliphatic hydroxyl groups excluding tert-OH is 1. The molecule has 3 amide bonds. The second-order valence-corrected chi connectivity index (χ2v) is 3.79. The maximum atomic E-state index is 11.4. The number of likely N-dealkylation sites (tertiary alicyclic amines) is 1. The van der Waals surface area contributed by atoms with Crippen LogP contribution in [0.1, 0.15) is 6.42 Å². The number of hydrogen-bond donors (Lipinski definition) is 4. The molecule has 0 aromatic rings. The van der Waals surface area contributed by atoms with Gasteiger partial charge in [-0.2, -0.15) is 0 Å². The SMILES string of the molecule is CN1CCC(NC(=O)NC(CO)C(=O)O)C1=O. The highest BCUT2D eigenvalue weighted by Crippen LogP contribution is 2.07. The Morgan fingerprint density at radius 1 is 1.59 bits per heavy atom. The molecule has 1 rings (SSSR count). The van der Waals surface area contributed by atoms with Gasteiger partial charge in [0, 0.05) is 13.6 Å². The number of aliphatic hydroxyl groups is 1. The molecule has 8 heteroatoms. The van der Waals surface area contributed by atoms with Gasteiger partial charge in [-0.3, -0.25) is 4.79 Å². The molecule has 2 unspecified atom stereocenters. The van der Waals surface area contributed by atoms with Crippen LogP contribution in [0.25, 0.3) is 0 Å². The lowest BCUT2D eigenvalue weighted by Gasteiger charge is -2.15. The third-order valence-corrected chi connectivity index (χ3v) is 2.52. The first kappa shape index (κ1) is 13.2. The summed E-state index contributed by atoms with van der Waals surface area (Å²) >= 11 is 0. The highest BCUT2D eigenvalue weighted by atomic mass is 16.4. The van der Waals surface area contributed by atoms with E-state index in [0.29, 0.717) is 13.0 Å². The van der Waals surface area contributed by atoms with Crippen LogP contribution in [0.4, 0.5) is 4.79 Å². The summed E-state index contributed by atoms with van der Waals surface area (Å²) < 4.78 is 0. The monoisotopic (exact) mass is 245 g/mol. The number of nitrogens with one attached hydrogen (secondary N) is 2. The van der Waals surface area contributed by atoms with Crippen molar-refractivity contribution in [3.05, 3.63) is 0 Å². The summed E-state index contributed by atoms with van der Waals surface area (Å²) in [6, 6.07) is -2.78. The fourth-order valence-corrected chi connectivity index (χ4v) is 1.50. The van der Waals surface area contributed by atoms with Crippen LogP contribution in [0.3, 0.4) is 0 Å². The molecule has 4 N–H and O–H groups in total. The lowest BCUT2D eigenvalue weighted by molar-refractivity contribution is -0.140. The molecule has 0 aliphatic carbocycles. The van der Waals surface area contributed by atoms with Crippen molar-refractivity contribution in [2.45, 2.75) is 18.5 Å². The summed E-state index contributed by atoms with van der Waals surface area (Å²) in [5.74, 6) is -1.55. The zero-order valence-corrected chi connectivity index (χ0v) is 9.34. The number of nitrogens with zero attached hydrogens (tertiary/aromatic N) is 1. The lowest BCUT2D eigenvalue weighted by atomic mass is 10.2. The van der Waals surface area contributed by atoms with E-state index in [1.165, 1.54) is 4.90 Å². The predicted molar refractivity (Wildman–Crippen MR) is 56.2 cm³/mol. The van der Waals surface area contributed by atoms with Crippen molar-refractivity contribution in [2.75, 3.05) is 20.2 Å². The Balaban J connectivity index is 2.44. The van der Waals surface area contributed by atoms with Gasteiger partial charge in [-0.25, -0.2) is 9.59 Å². The normalized spacial score (nSPS) is 21.2. The van der Waals surface area contributed by atoms with Crippen LogP contribution < -0.4 is 10.6 Å². The second-order valence-electron chi connectivity index (χ2n) is 3.79. The number of likely N-dealkylation sites (N-methyl/N-ethyl adjacent to an activating group) is 1. The Bertz CT molecular complexity index is 333. The van der Waals surface area contributed by atoms with Crippen molar-refractivity contribution in [1.82, 2.24) is 15.5 Å². The van der Waals surface area contributed by atoms with Crippen LogP contribution in [0, 0.1) is 0 Å². The molecule has 0 radical (unpaired) electrons. The highest BCUT2D eigenvalue weighted by Gasteiger charge is 2.31. The summed E-state index contributed by atoms with van der Waals surface area (Å²) in [7, 11) is 1.62. The topological polar surface area (TPSA) is 119 Å². The first-order valence-electron chi connectivity index (χ1n) is 5.11. The quantitative estimate of drug-likeness (QED) is 0.455. The molecule has 0 saturated carbocycles. The zero-order valence-electron chi connectivity index (χ0n) is 9.34. The highest BCUT2D eigenvalue weighted by molar-refractivity contribution is 5.89. The summed E-state index contributed by atoms with van der Waals surface area (Å²) in [6.07, 6.45) is 0.486. The molecule has 8 nitrogen and oxygen atoms in total. The smallest absolute Gasteiger partial charge is 0.328 e. The minimum absolute atomic E-state index is 0.212. The van der Waals surface area contributed by atoms with Crippen LogP contribution >= 0.6 is 0 Å². The van der Waals surface area contributed by atoms with Gasteiger partial charge in [0.1, 0.15) is 6.04 Å². The van der Waals surface area contributed by atoms with Crippen LogP contribution in [-0.4, -0.2) is 65.3 Å². The Labute approximate surface area is 97.6 Å². The Morgan fingerprint density at radius 2 is 2.24 bits per heavy atom. The van der Waals surface area contributed by atoms with Gasteiger partial charge in [-0.05, 0) is 6.42 Å². The van der Waals surface area contributed by atoms with E-state index in [2.05, 4.69) is 10.6 Å². The van der Waals surface area contributed by atoms with Gasteiger partial charge >= 0.3 is 12.0 Å². The van der Waals surface area contributed by atoms with Gasteiger partial charge in [0.25, 0.3) is 0 Å². The Hall–Kier alpha value is -1.83. The number of amides is 3. The van der Waals surface area contributed by atoms with E-state index in [1.807, 2.05) is 0 Å². The van der Waals surface area contributed by atoms with Crippen molar-refractivity contribution in [3.63, 3.8) is 0 Å². The third-order valence-electron chi connectivity index (χ3n) is 2.52. The molecule has 96 valence electrons. The molecule has 0 aromatic heterocycles. The van der Waals surface area contributed by atoms with Crippen LogP contribution in [0.5, 0.6) is 0 Å². The molecule has 1 saturated heterocycles. The maximum absolute atomic E-state index is 11.4. The van der Waals surface area contributed by atoms with E-state index < -0.39 is 30.7 Å². The standard InChI is InChI=1S/C9H15N3O5/c1-12-3-2-5(7(12)14)10-9(17)11-6(4-13)8(15)16/h5-6,13H,2-4H2,1H3,(H,15,16)(H2,10,11,17). The first-order chi connectivity index (χ1) is 7.95. The van der Waals surface area contributed by atoms with E-state index in [0.717, 1.165) is 0 Å². The van der Waals surface area contributed by atoms with Crippen molar-refractivity contribution in [1.29, 1.82) is 0 Å². The number of urea groups is 1. The van der Waals surface area contributed by atoms with Crippen LogP contribution in [-0.2, 0) is 9.59 Å².